The van der Waals surface area contributed by atoms with E-state index < -0.39 is 0 Å². The van der Waals surface area contributed by atoms with Crippen molar-refractivity contribution in [2.75, 3.05) is 26.1 Å². The molecular formula is C22H31IN4O3. The quantitative estimate of drug-likeness (QED) is 0.297. The Hall–Kier alpha value is -2.23. The van der Waals surface area contributed by atoms with E-state index in [1.807, 2.05) is 37.3 Å². The predicted molar refractivity (Wildman–Crippen MR) is 131 cm³/mol. The Morgan fingerprint density at radius 1 is 1.20 bits per heavy atom. The van der Waals surface area contributed by atoms with Crippen LogP contribution in [0.1, 0.15) is 38.2 Å². The zero-order valence-electron chi connectivity index (χ0n) is 17.8. The Balaban J connectivity index is 0.00000320. The van der Waals surface area contributed by atoms with Crippen LogP contribution in [0.5, 0.6) is 17.4 Å². The Bertz CT molecular complexity index is 826. The van der Waals surface area contributed by atoms with Crippen molar-refractivity contribution in [3.05, 3.63) is 42.1 Å². The van der Waals surface area contributed by atoms with Crippen molar-refractivity contribution in [3.63, 3.8) is 0 Å². The zero-order valence-corrected chi connectivity index (χ0v) is 20.1. The summed E-state index contributed by atoms with van der Waals surface area (Å²) in [6, 6.07) is 9.64. The molecule has 0 unspecified atom stereocenters. The smallest absolute Gasteiger partial charge is 0.218 e. The van der Waals surface area contributed by atoms with Crippen LogP contribution in [0.25, 0.3) is 0 Å². The van der Waals surface area contributed by atoms with E-state index in [0.717, 1.165) is 24.1 Å². The molecule has 164 valence electrons. The number of pyridine rings is 1. The molecule has 0 saturated heterocycles. The van der Waals surface area contributed by atoms with E-state index in [0.29, 0.717) is 36.5 Å². The molecule has 1 aliphatic carbocycles. The van der Waals surface area contributed by atoms with Gasteiger partial charge in [0.05, 0.1) is 13.7 Å². The number of aliphatic imine (C=N–C) groups is 1. The minimum Gasteiger partial charge on any atom is -0.493 e. The molecule has 1 heterocycles. The molecule has 1 aromatic carbocycles. The Morgan fingerprint density at radius 3 is 2.70 bits per heavy atom. The number of ether oxygens (including phenoxy) is 3. The highest BCUT2D eigenvalue weighted by molar-refractivity contribution is 14.0. The van der Waals surface area contributed by atoms with E-state index in [-0.39, 0.29) is 30.1 Å². The minimum atomic E-state index is 0. The molecule has 0 aliphatic heterocycles. The van der Waals surface area contributed by atoms with Crippen molar-refractivity contribution in [3.8, 4) is 17.4 Å². The lowest BCUT2D eigenvalue weighted by atomic mass is 10.2. The fourth-order valence-corrected chi connectivity index (χ4v) is 3.35. The molecule has 0 atom stereocenters. The van der Waals surface area contributed by atoms with Gasteiger partial charge in [-0.15, -0.1) is 24.0 Å². The normalized spacial score (nSPS) is 14.0. The summed E-state index contributed by atoms with van der Waals surface area (Å²) >= 11 is 0. The van der Waals surface area contributed by atoms with Crippen molar-refractivity contribution in [2.24, 2.45) is 4.99 Å². The summed E-state index contributed by atoms with van der Waals surface area (Å²) in [5, 5.41) is 6.61. The van der Waals surface area contributed by atoms with Gasteiger partial charge in [-0.2, -0.15) is 0 Å². The van der Waals surface area contributed by atoms with Crippen LogP contribution < -0.4 is 24.8 Å². The number of hydrogen-bond donors (Lipinski definition) is 2. The molecule has 0 radical (unpaired) electrons. The number of nitrogens with one attached hydrogen (secondary N) is 2. The van der Waals surface area contributed by atoms with E-state index in [4.69, 9.17) is 14.2 Å². The largest absolute Gasteiger partial charge is 0.493 e. The molecule has 0 bridgehead atoms. The number of methoxy groups -OCH3 is 1. The molecule has 8 heteroatoms. The van der Waals surface area contributed by atoms with Gasteiger partial charge in [0.15, 0.2) is 17.5 Å². The number of halogens is 1. The van der Waals surface area contributed by atoms with Gasteiger partial charge in [0, 0.05) is 37.1 Å². The standard InChI is InChI=1S/C22H30N4O3.HI/c1-4-28-20-14-17(11-12-19(20)27-3)26-22(23-2)25-15-16-8-7-13-24-21(16)29-18-9-5-6-10-18;/h7-8,11-14,18H,4-6,9-10,15H2,1-3H3,(H2,23,25,26);1H. The summed E-state index contributed by atoms with van der Waals surface area (Å²) in [5.41, 5.74) is 1.86. The molecular weight excluding hydrogens is 495 g/mol. The van der Waals surface area contributed by atoms with Gasteiger partial charge in [-0.05, 0) is 50.8 Å². The fourth-order valence-electron chi connectivity index (χ4n) is 3.35. The van der Waals surface area contributed by atoms with E-state index in [1.165, 1.54) is 12.8 Å². The molecule has 30 heavy (non-hydrogen) atoms. The van der Waals surface area contributed by atoms with Gasteiger partial charge in [0.2, 0.25) is 5.88 Å². The highest BCUT2D eigenvalue weighted by Crippen LogP contribution is 2.30. The van der Waals surface area contributed by atoms with Gasteiger partial charge in [0.1, 0.15) is 6.10 Å². The molecule has 1 aliphatic rings. The molecule has 1 aromatic heterocycles. The van der Waals surface area contributed by atoms with E-state index in [2.05, 4.69) is 20.6 Å². The Morgan fingerprint density at radius 2 is 2.00 bits per heavy atom. The Kier molecular flexibility index (Phi) is 9.99. The van der Waals surface area contributed by atoms with Crippen LogP contribution >= 0.6 is 24.0 Å². The van der Waals surface area contributed by atoms with Crippen molar-refractivity contribution in [2.45, 2.75) is 45.3 Å². The summed E-state index contributed by atoms with van der Waals surface area (Å²) < 4.78 is 17.1. The third-order valence-electron chi connectivity index (χ3n) is 4.83. The maximum absolute atomic E-state index is 6.12. The van der Waals surface area contributed by atoms with E-state index in [9.17, 15) is 0 Å². The molecule has 0 spiro atoms. The lowest BCUT2D eigenvalue weighted by Crippen LogP contribution is -2.30. The van der Waals surface area contributed by atoms with Gasteiger partial charge in [-0.1, -0.05) is 6.07 Å². The number of hydrogen-bond acceptors (Lipinski definition) is 5. The monoisotopic (exact) mass is 526 g/mol. The van der Waals surface area contributed by atoms with Crippen LogP contribution in [0.15, 0.2) is 41.5 Å². The second kappa shape index (κ2) is 12.5. The second-order valence-corrected chi connectivity index (χ2v) is 6.84. The van der Waals surface area contributed by atoms with Crippen molar-refractivity contribution in [1.29, 1.82) is 0 Å². The second-order valence-electron chi connectivity index (χ2n) is 6.84. The van der Waals surface area contributed by atoms with Crippen LogP contribution in [-0.2, 0) is 6.54 Å². The number of aromatic nitrogens is 1. The number of rotatable bonds is 8. The first-order chi connectivity index (χ1) is 14.2. The predicted octanol–water partition coefficient (Wildman–Crippen LogP) is 4.62. The first kappa shape index (κ1) is 24.0. The maximum atomic E-state index is 6.12. The van der Waals surface area contributed by atoms with Gasteiger partial charge in [0.25, 0.3) is 0 Å². The van der Waals surface area contributed by atoms with Crippen LogP contribution in [0.3, 0.4) is 0 Å². The highest BCUT2D eigenvalue weighted by atomic mass is 127. The van der Waals surface area contributed by atoms with Crippen LogP contribution in [0.4, 0.5) is 5.69 Å². The maximum Gasteiger partial charge on any atom is 0.218 e. The molecule has 2 aromatic rings. The molecule has 1 saturated carbocycles. The molecule has 2 N–H and O–H groups in total. The van der Waals surface area contributed by atoms with Gasteiger partial charge in [-0.3, -0.25) is 4.99 Å². The SMILES string of the molecule is CCOc1cc(NC(=NC)NCc2cccnc2OC2CCCC2)ccc1OC.I. The molecule has 0 amide bonds. The van der Waals surface area contributed by atoms with Crippen molar-refractivity contribution < 1.29 is 14.2 Å². The fraction of sp³-hybridized carbons (Fsp3) is 0.455. The third-order valence-corrected chi connectivity index (χ3v) is 4.83. The van der Waals surface area contributed by atoms with Gasteiger partial charge in [-0.25, -0.2) is 4.98 Å². The van der Waals surface area contributed by atoms with Crippen molar-refractivity contribution in [1.82, 2.24) is 10.3 Å². The molecule has 3 rings (SSSR count). The van der Waals surface area contributed by atoms with E-state index in [1.54, 1.807) is 20.4 Å². The molecule has 7 nitrogen and oxygen atoms in total. The van der Waals surface area contributed by atoms with Gasteiger partial charge >= 0.3 is 0 Å². The van der Waals surface area contributed by atoms with Crippen molar-refractivity contribution >= 4 is 35.6 Å². The topological polar surface area (TPSA) is 77.0 Å². The highest BCUT2D eigenvalue weighted by Gasteiger charge is 2.18. The summed E-state index contributed by atoms with van der Waals surface area (Å²) in [4.78, 5) is 8.74. The number of benzene rings is 1. The summed E-state index contributed by atoms with van der Waals surface area (Å²) in [6.07, 6.45) is 6.71. The summed E-state index contributed by atoms with van der Waals surface area (Å²) in [7, 11) is 3.37. The van der Waals surface area contributed by atoms with Crippen LogP contribution in [0.2, 0.25) is 0 Å². The minimum absolute atomic E-state index is 0. The van der Waals surface area contributed by atoms with E-state index >= 15 is 0 Å². The summed E-state index contributed by atoms with van der Waals surface area (Å²) in [6.45, 7) is 3.07. The lowest BCUT2D eigenvalue weighted by Gasteiger charge is -2.17. The zero-order chi connectivity index (χ0) is 20.5. The van der Waals surface area contributed by atoms with Gasteiger partial charge < -0.3 is 24.8 Å². The first-order valence-electron chi connectivity index (χ1n) is 10.1. The average Bonchev–Trinajstić information content (AvgIpc) is 3.25. The molecule has 1 fully saturated rings. The third kappa shape index (κ3) is 6.65. The number of anilines is 1. The van der Waals surface area contributed by atoms with Crippen LogP contribution in [0, 0.1) is 0 Å². The Labute approximate surface area is 195 Å². The number of guanidine groups is 1. The average molecular weight is 526 g/mol. The summed E-state index contributed by atoms with van der Waals surface area (Å²) in [5.74, 6) is 2.73. The van der Waals surface area contributed by atoms with Crippen LogP contribution in [-0.4, -0.2) is 37.8 Å². The first-order valence-corrected chi connectivity index (χ1v) is 10.1. The lowest BCUT2D eigenvalue weighted by molar-refractivity contribution is 0.199. The number of nitrogens with zero attached hydrogens (tertiary/aromatic N) is 2.